The van der Waals surface area contributed by atoms with Crippen LogP contribution in [0.2, 0.25) is 0 Å². The number of hydrogen-bond acceptors (Lipinski definition) is 5. The largest absolute Gasteiger partial charge is 0.508 e. The molecule has 2 heterocycles. The van der Waals surface area contributed by atoms with E-state index in [1.807, 2.05) is 77.6 Å². The first kappa shape index (κ1) is 19.8. The van der Waals surface area contributed by atoms with Crippen molar-refractivity contribution in [2.45, 2.75) is 0 Å². The maximum absolute atomic E-state index is 12.2. The molecule has 32 heavy (non-hydrogen) atoms. The van der Waals surface area contributed by atoms with E-state index in [0.29, 0.717) is 16.4 Å². The lowest BCUT2D eigenvalue weighted by Gasteiger charge is -2.01. The molecule has 0 saturated carbocycles. The number of hydrogen-bond donors (Lipinski definition) is 2. The summed E-state index contributed by atoms with van der Waals surface area (Å²) in [5.74, 6) is 0.557. The molecule has 7 heteroatoms. The van der Waals surface area contributed by atoms with Gasteiger partial charge in [0.2, 0.25) is 0 Å². The second kappa shape index (κ2) is 8.56. The molecule has 0 atom stereocenters. The molecular weight excluding hydrogens is 420 g/mol. The number of nitrogens with one attached hydrogen (secondary N) is 1. The fraction of sp³-hybridized carbons (Fsp3) is 0. The minimum absolute atomic E-state index is 0.116. The van der Waals surface area contributed by atoms with Crippen molar-refractivity contribution in [3.63, 3.8) is 0 Å². The van der Waals surface area contributed by atoms with Crippen LogP contribution in [0, 0.1) is 0 Å². The molecule has 4 aromatic rings. The van der Waals surface area contributed by atoms with Crippen molar-refractivity contribution >= 4 is 34.6 Å². The monoisotopic (exact) mass is 438 g/mol. The summed E-state index contributed by atoms with van der Waals surface area (Å²) < 4.78 is 1.83. The summed E-state index contributed by atoms with van der Waals surface area (Å²) in [6.45, 7) is 0. The van der Waals surface area contributed by atoms with Crippen molar-refractivity contribution in [2.75, 3.05) is 0 Å². The summed E-state index contributed by atoms with van der Waals surface area (Å²) in [6.07, 6.45) is 3.86. The van der Waals surface area contributed by atoms with Crippen LogP contribution in [0.3, 0.4) is 0 Å². The van der Waals surface area contributed by atoms with E-state index in [0.717, 1.165) is 34.3 Å². The first-order chi connectivity index (χ1) is 15.7. The topological polar surface area (TPSA) is 79.5 Å². The molecule has 3 aromatic carbocycles. The Bertz CT molecular complexity index is 1340. The van der Waals surface area contributed by atoms with Gasteiger partial charge in [0.05, 0.1) is 22.0 Å². The smallest absolute Gasteiger partial charge is 0.289 e. The van der Waals surface area contributed by atoms with Gasteiger partial charge in [0.25, 0.3) is 5.24 Å². The van der Waals surface area contributed by atoms with Crippen LogP contribution in [0.25, 0.3) is 23.0 Å². The number of para-hydroxylation sites is 1. The number of carbonyl (C=O) groups excluding carboxylic acids is 1. The zero-order valence-corrected chi connectivity index (χ0v) is 17.7. The summed E-state index contributed by atoms with van der Waals surface area (Å²) in [6, 6.07) is 26.4. The van der Waals surface area contributed by atoms with Gasteiger partial charge in [-0.05, 0) is 42.1 Å². The molecular formula is C25H18N4O2S. The number of carbonyl (C=O) groups is 1. The van der Waals surface area contributed by atoms with Gasteiger partial charge in [-0.2, -0.15) is 5.10 Å². The number of phenols is 1. The molecule has 6 nitrogen and oxygen atoms in total. The summed E-state index contributed by atoms with van der Waals surface area (Å²) in [5, 5.41) is 17.1. The number of nitrogens with zero attached hydrogens (tertiary/aromatic N) is 3. The standard InChI is InChI=1S/C25H18N4O2S/c30-21-13-7-10-19(15-21)26-24-22(32-25(31)27-24)14-18-16-29(20-11-5-2-6-12-20)28-23(18)17-8-3-1-4-9-17/h1-16,30H,(H,26,27,31)/b22-14-. The lowest BCUT2D eigenvalue weighted by Crippen LogP contribution is -2.18. The molecule has 5 rings (SSSR count). The van der Waals surface area contributed by atoms with Crippen LogP contribution in [0.4, 0.5) is 10.5 Å². The predicted molar refractivity (Wildman–Crippen MR) is 128 cm³/mol. The third-order valence-corrected chi connectivity index (χ3v) is 5.64. The molecule has 0 aliphatic carbocycles. The van der Waals surface area contributed by atoms with Gasteiger partial charge in [-0.3, -0.25) is 4.79 Å². The Kier molecular flexibility index (Phi) is 5.31. The average Bonchev–Trinajstić information content (AvgIpc) is 3.38. The molecule has 1 saturated heterocycles. The Morgan fingerprint density at radius 2 is 1.72 bits per heavy atom. The Hall–Kier alpha value is -4.10. The van der Waals surface area contributed by atoms with Crippen LogP contribution < -0.4 is 5.32 Å². The van der Waals surface area contributed by atoms with Gasteiger partial charge in [-0.25, -0.2) is 9.67 Å². The number of aromatic nitrogens is 2. The maximum atomic E-state index is 12.2. The van der Waals surface area contributed by atoms with E-state index in [4.69, 9.17) is 5.10 Å². The SMILES string of the molecule is O=C1NC(=Nc2cccc(O)c2)/C(=C/c2cn(-c3ccccc3)nc2-c2ccccc2)S1. The van der Waals surface area contributed by atoms with Crippen LogP contribution in [0.1, 0.15) is 5.56 Å². The molecule has 0 radical (unpaired) electrons. The van der Waals surface area contributed by atoms with Crippen LogP contribution in [0.5, 0.6) is 5.75 Å². The summed E-state index contributed by atoms with van der Waals surface area (Å²) >= 11 is 1.08. The number of aliphatic imine (C=N–C) groups is 1. The van der Waals surface area contributed by atoms with Gasteiger partial charge in [-0.1, -0.05) is 54.6 Å². The minimum Gasteiger partial charge on any atom is -0.508 e. The number of thioether (sulfide) groups is 1. The number of amidine groups is 1. The van der Waals surface area contributed by atoms with E-state index in [1.54, 1.807) is 24.3 Å². The first-order valence-electron chi connectivity index (χ1n) is 9.95. The number of aromatic hydroxyl groups is 1. The molecule has 0 spiro atoms. The van der Waals surface area contributed by atoms with Crippen LogP contribution in [-0.4, -0.2) is 26.0 Å². The lowest BCUT2D eigenvalue weighted by molar-refractivity contribution is 0.265. The quantitative estimate of drug-likeness (QED) is 0.424. The number of amides is 1. The Morgan fingerprint density at radius 3 is 2.47 bits per heavy atom. The lowest BCUT2D eigenvalue weighted by atomic mass is 10.1. The molecule has 2 N–H and O–H groups in total. The summed E-state index contributed by atoms with van der Waals surface area (Å²) in [4.78, 5) is 17.4. The highest BCUT2D eigenvalue weighted by molar-refractivity contribution is 8.18. The van der Waals surface area contributed by atoms with Crippen molar-refractivity contribution in [3.05, 3.63) is 102 Å². The summed E-state index contributed by atoms with van der Waals surface area (Å²) in [7, 11) is 0. The Morgan fingerprint density at radius 1 is 0.969 bits per heavy atom. The molecule has 0 bridgehead atoms. The van der Waals surface area contributed by atoms with E-state index in [1.165, 1.54) is 0 Å². The van der Waals surface area contributed by atoms with Crippen LogP contribution in [0.15, 0.2) is 101 Å². The second-order valence-electron chi connectivity index (χ2n) is 7.08. The van der Waals surface area contributed by atoms with Crippen molar-refractivity contribution in [1.82, 2.24) is 15.1 Å². The Labute approximate surface area is 188 Å². The second-order valence-corrected chi connectivity index (χ2v) is 8.10. The zero-order valence-electron chi connectivity index (χ0n) is 16.8. The van der Waals surface area contributed by atoms with E-state index in [-0.39, 0.29) is 11.0 Å². The van der Waals surface area contributed by atoms with Gasteiger partial charge in [0.1, 0.15) is 11.6 Å². The van der Waals surface area contributed by atoms with Crippen molar-refractivity contribution < 1.29 is 9.90 Å². The summed E-state index contributed by atoms with van der Waals surface area (Å²) in [5.41, 5.74) is 4.14. The van der Waals surface area contributed by atoms with Crippen molar-refractivity contribution in [3.8, 4) is 22.7 Å². The van der Waals surface area contributed by atoms with Gasteiger partial charge < -0.3 is 10.4 Å². The highest BCUT2D eigenvalue weighted by atomic mass is 32.2. The molecule has 1 aromatic heterocycles. The van der Waals surface area contributed by atoms with Gasteiger partial charge >= 0.3 is 0 Å². The Balaban J connectivity index is 1.61. The van der Waals surface area contributed by atoms with E-state index in [2.05, 4.69) is 10.3 Å². The number of phenolic OH excluding ortho intramolecular Hbond substituents is 1. The van der Waals surface area contributed by atoms with Gasteiger partial charge in [0, 0.05) is 23.4 Å². The molecule has 1 aliphatic rings. The molecule has 0 unspecified atom stereocenters. The maximum Gasteiger partial charge on any atom is 0.289 e. The van der Waals surface area contributed by atoms with Crippen LogP contribution in [-0.2, 0) is 0 Å². The van der Waals surface area contributed by atoms with Gasteiger partial charge in [-0.15, -0.1) is 0 Å². The normalized spacial score (nSPS) is 15.9. The van der Waals surface area contributed by atoms with E-state index in [9.17, 15) is 9.90 Å². The molecule has 1 fully saturated rings. The molecule has 1 aliphatic heterocycles. The fourth-order valence-corrected chi connectivity index (χ4v) is 4.10. The van der Waals surface area contributed by atoms with Crippen molar-refractivity contribution in [2.24, 2.45) is 4.99 Å². The van der Waals surface area contributed by atoms with E-state index >= 15 is 0 Å². The van der Waals surface area contributed by atoms with Crippen molar-refractivity contribution in [1.29, 1.82) is 0 Å². The minimum atomic E-state index is -0.202. The predicted octanol–water partition coefficient (Wildman–Crippen LogP) is 5.77. The highest BCUT2D eigenvalue weighted by Crippen LogP contribution is 2.32. The van der Waals surface area contributed by atoms with Gasteiger partial charge in [0.15, 0.2) is 0 Å². The number of benzene rings is 3. The third-order valence-electron chi connectivity index (χ3n) is 4.82. The fourth-order valence-electron chi connectivity index (χ4n) is 3.37. The number of rotatable bonds is 4. The third kappa shape index (κ3) is 4.19. The zero-order chi connectivity index (χ0) is 21.9. The highest BCUT2D eigenvalue weighted by Gasteiger charge is 2.25. The average molecular weight is 439 g/mol. The van der Waals surface area contributed by atoms with Crippen LogP contribution >= 0.6 is 11.8 Å². The first-order valence-corrected chi connectivity index (χ1v) is 10.8. The van der Waals surface area contributed by atoms with E-state index < -0.39 is 0 Å². The molecule has 156 valence electrons. The molecule has 1 amide bonds.